The fraction of sp³-hybridized carbons (Fsp3) is 0.714. The van der Waals surface area contributed by atoms with Crippen molar-refractivity contribution in [2.24, 2.45) is 0 Å². The molecule has 2 heterocycles. The molecule has 1 aromatic carbocycles. The summed E-state index contributed by atoms with van der Waals surface area (Å²) >= 11 is 0. The minimum atomic E-state index is -3.48. The first-order chi connectivity index (χ1) is 13.0. The number of benzene rings is 1. The summed E-state index contributed by atoms with van der Waals surface area (Å²) in [6, 6.07) is 7.54. The van der Waals surface area contributed by atoms with E-state index in [1.807, 2.05) is 12.1 Å². The largest absolute Gasteiger partial charge is 0.315 e. The lowest BCUT2D eigenvalue weighted by Crippen LogP contribution is -2.51. The highest BCUT2D eigenvalue weighted by atomic mass is 32.2. The summed E-state index contributed by atoms with van der Waals surface area (Å²) in [6.07, 6.45) is 5.74. The van der Waals surface area contributed by atoms with Gasteiger partial charge in [0.05, 0.1) is 4.90 Å². The van der Waals surface area contributed by atoms with Crippen molar-refractivity contribution in [3.63, 3.8) is 0 Å². The molecule has 152 valence electrons. The molecule has 0 aromatic heterocycles. The first-order valence-corrected chi connectivity index (χ1v) is 12.0. The van der Waals surface area contributed by atoms with Crippen LogP contribution >= 0.6 is 0 Å². The average molecular weight is 394 g/mol. The number of likely N-dealkylation sites (tertiary alicyclic amines) is 1. The Kier molecular flexibility index (Phi) is 7.31. The monoisotopic (exact) mass is 393 g/mol. The predicted octanol–water partition coefficient (Wildman–Crippen LogP) is 3.04. The SMILES string of the molecule is CC(C)c1ccc(S(=O)(=O)N(CCN2CCCCC2)C2CCCNC2)cc1. The molecule has 0 bridgehead atoms. The third kappa shape index (κ3) is 5.31. The molecule has 0 spiro atoms. The number of nitrogens with one attached hydrogen (secondary N) is 1. The van der Waals surface area contributed by atoms with Crippen molar-refractivity contribution in [3.05, 3.63) is 29.8 Å². The summed E-state index contributed by atoms with van der Waals surface area (Å²) in [6.45, 7) is 9.60. The van der Waals surface area contributed by atoms with E-state index in [4.69, 9.17) is 0 Å². The number of hydrogen-bond acceptors (Lipinski definition) is 4. The van der Waals surface area contributed by atoms with Gasteiger partial charge >= 0.3 is 0 Å². The normalized spacial score (nSPS) is 22.4. The Morgan fingerprint density at radius 3 is 2.41 bits per heavy atom. The van der Waals surface area contributed by atoms with Gasteiger partial charge in [-0.05, 0) is 68.9 Å². The lowest BCUT2D eigenvalue weighted by atomic mass is 10.0. The van der Waals surface area contributed by atoms with Crippen molar-refractivity contribution < 1.29 is 8.42 Å². The molecule has 1 unspecified atom stereocenters. The molecular weight excluding hydrogens is 358 g/mol. The Bertz CT molecular complexity index is 676. The van der Waals surface area contributed by atoms with Gasteiger partial charge in [-0.1, -0.05) is 32.4 Å². The van der Waals surface area contributed by atoms with Gasteiger partial charge in [0.15, 0.2) is 0 Å². The molecule has 2 saturated heterocycles. The van der Waals surface area contributed by atoms with Crippen molar-refractivity contribution in [2.45, 2.75) is 62.8 Å². The van der Waals surface area contributed by atoms with Crippen LogP contribution in [0.2, 0.25) is 0 Å². The van der Waals surface area contributed by atoms with E-state index < -0.39 is 10.0 Å². The maximum Gasteiger partial charge on any atom is 0.243 e. The van der Waals surface area contributed by atoms with Gasteiger partial charge < -0.3 is 10.2 Å². The van der Waals surface area contributed by atoms with Crippen molar-refractivity contribution in [2.75, 3.05) is 39.3 Å². The van der Waals surface area contributed by atoms with Gasteiger partial charge in [-0.2, -0.15) is 4.31 Å². The van der Waals surface area contributed by atoms with Crippen LogP contribution in [-0.4, -0.2) is 62.9 Å². The van der Waals surface area contributed by atoms with Crippen molar-refractivity contribution in [1.29, 1.82) is 0 Å². The van der Waals surface area contributed by atoms with Crippen LogP contribution in [0.1, 0.15) is 57.4 Å². The maximum absolute atomic E-state index is 13.5. The smallest absolute Gasteiger partial charge is 0.243 e. The van der Waals surface area contributed by atoms with Crippen LogP contribution in [0.15, 0.2) is 29.2 Å². The molecule has 1 atom stereocenters. The van der Waals surface area contributed by atoms with Gasteiger partial charge in [-0.25, -0.2) is 8.42 Å². The Morgan fingerprint density at radius 2 is 1.81 bits per heavy atom. The second-order valence-electron chi connectivity index (χ2n) is 8.24. The molecule has 5 nitrogen and oxygen atoms in total. The van der Waals surface area contributed by atoms with E-state index in [2.05, 4.69) is 24.1 Å². The first-order valence-electron chi connectivity index (χ1n) is 10.5. The van der Waals surface area contributed by atoms with Crippen molar-refractivity contribution in [1.82, 2.24) is 14.5 Å². The quantitative estimate of drug-likeness (QED) is 0.774. The first kappa shape index (κ1) is 20.8. The Morgan fingerprint density at radius 1 is 1.11 bits per heavy atom. The molecule has 0 aliphatic carbocycles. The number of nitrogens with zero attached hydrogens (tertiary/aromatic N) is 2. The highest BCUT2D eigenvalue weighted by molar-refractivity contribution is 7.89. The summed E-state index contributed by atoms with van der Waals surface area (Å²) in [5.74, 6) is 0.402. The molecule has 0 saturated carbocycles. The van der Waals surface area contributed by atoms with Gasteiger partial charge in [0.2, 0.25) is 10.0 Å². The van der Waals surface area contributed by atoms with Gasteiger partial charge in [0.1, 0.15) is 0 Å². The Labute approximate surface area is 165 Å². The lowest BCUT2D eigenvalue weighted by Gasteiger charge is -2.36. The van der Waals surface area contributed by atoms with Gasteiger partial charge in [-0.3, -0.25) is 0 Å². The van der Waals surface area contributed by atoms with E-state index in [0.717, 1.165) is 45.6 Å². The molecule has 0 radical (unpaired) electrons. The molecule has 2 fully saturated rings. The van der Waals surface area contributed by atoms with Gasteiger partial charge in [-0.15, -0.1) is 0 Å². The van der Waals surface area contributed by atoms with Gasteiger partial charge in [0.25, 0.3) is 0 Å². The molecule has 2 aliphatic heterocycles. The third-order valence-corrected chi connectivity index (χ3v) is 7.88. The Hall–Kier alpha value is -0.950. The van der Waals surface area contributed by atoms with Crippen LogP contribution < -0.4 is 5.32 Å². The topological polar surface area (TPSA) is 52.7 Å². The van der Waals surface area contributed by atoms with E-state index in [1.54, 1.807) is 16.4 Å². The van der Waals surface area contributed by atoms with E-state index >= 15 is 0 Å². The highest BCUT2D eigenvalue weighted by Crippen LogP contribution is 2.24. The molecule has 6 heteroatoms. The molecule has 1 N–H and O–H groups in total. The molecule has 2 aliphatic rings. The number of rotatable bonds is 7. The van der Waals surface area contributed by atoms with Crippen molar-refractivity contribution in [3.8, 4) is 0 Å². The minimum Gasteiger partial charge on any atom is -0.315 e. The van der Waals surface area contributed by atoms with Crippen LogP contribution in [0.25, 0.3) is 0 Å². The summed E-state index contributed by atoms with van der Waals surface area (Å²) in [5, 5.41) is 3.38. The average Bonchev–Trinajstić information content (AvgIpc) is 2.69. The van der Waals surface area contributed by atoms with Crippen LogP contribution in [0.4, 0.5) is 0 Å². The van der Waals surface area contributed by atoms with Crippen LogP contribution in [0.3, 0.4) is 0 Å². The molecule has 1 aromatic rings. The van der Waals surface area contributed by atoms with Crippen LogP contribution in [-0.2, 0) is 10.0 Å². The summed E-state index contributed by atoms with van der Waals surface area (Å²) in [7, 11) is -3.48. The predicted molar refractivity (Wildman–Crippen MR) is 111 cm³/mol. The highest BCUT2D eigenvalue weighted by Gasteiger charge is 2.32. The summed E-state index contributed by atoms with van der Waals surface area (Å²) < 4.78 is 28.7. The van der Waals surface area contributed by atoms with E-state index in [-0.39, 0.29) is 6.04 Å². The number of sulfonamides is 1. The zero-order valence-electron chi connectivity index (χ0n) is 16.9. The molecule has 0 amide bonds. The van der Waals surface area contributed by atoms with Crippen molar-refractivity contribution >= 4 is 10.0 Å². The second kappa shape index (κ2) is 9.50. The number of piperidine rings is 2. The van der Waals surface area contributed by atoms with Gasteiger partial charge in [0, 0.05) is 25.7 Å². The Balaban J connectivity index is 1.78. The standard InChI is InChI=1S/C21H35N3O2S/c1-18(2)19-8-10-21(11-9-19)27(25,26)24(20-7-6-12-22-17-20)16-15-23-13-4-3-5-14-23/h8-11,18,20,22H,3-7,12-17H2,1-2H3. The molecule has 3 rings (SSSR count). The van der Waals surface area contributed by atoms with E-state index in [9.17, 15) is 8.42 Å². The fourth-order valence-electron chi connectivity index (χ4n) is 4.16. The minimum absolute atomic E-state index is 0.0540. The fourth-order valence-corrected chi connectivity index (χ4v) is 5.81. The zero-order chi connectivity index (χ0) is 19.3. The lowest BCUT2D eigenvalue weighted by molar-refractivity contribution is 0.190. The number of hydrogen-bond donors (Lipinski definition) is 1. The molecular formula is C21H35N3O2S. The van der Waals surface area contributed by atoms with Crippen LogP contribution in [0, 0.1) is 0 Å². The van der Waals surface area contributed by atoms with Crippen LogP contribution in [0.5, 0.6) is 0 Å². The molecule has 27 heavy (non-hydrogen) atoms. The third-order valence-electron chi connectivity index (χ3n) is 5.92. The maximum atomic E-state index is 13.5. The van der Waals surface area contributed by atoms with E-state index in [0.29, 0.717) is 17.4 Å². The second-order valence-corrected chi connectivity index (χ2v) is 10.1. The summed E-state index contributed by atoms with van der Waals surface area (Å²) in [5.41, 5.74) is 1.17. The zero-order valence-corrected chi connectivity index (χ0v) is 17.7. The summed E-state index contributed by atoms with van der Waals surface area (Å²) in [4.78, 5) is 2.85. The van der Waals surface area contributed by atoms with E-state index in [1.165, 1.54) is 24.8 Å².